The third kappa shape index (κ3) is 4.48. The molecule has 1 aromatic heterocycles. The van der Waals surface area contributed by atoms with Crippen LogP contribution in [0.25, 0.3) is 11.1 Å². The van der Waals surface area contributed by atoms with Crippen LogP contribution in [0.5, 0.6) is 5.75 Å². The molecule has 1 atom stereocenters. The van der Waals surface area contributed by atoms with Crippen molar-refractivity contribution < 1.29 is 22.7 Å². The van der Waals surface area contributed by atoms with Crippen molar-refractivity contribution in [3.8, 4) is 16.9 Å². The number of nitrogens with zero attached hydrogens (tertiary/aromatic N) is 3. The molecular formula is C22H20F3N3O2. The number of alkyl halides is 3. The lowest BCUT2D eigenvalue weighted by molar-refractivity contribution is -0.274. The summed E-state index contributed by atoms with van der Waals surface area (Å²) in [5.41, 5.74) is 2.37. The highest BCUT2D eigenvalue weighted by molar-refractivity contribution is 5.78. The molecule has 0 spiro atoms. The summed E-state index contributed by atoms with van der Waals surface area (Å²) in [6, 6.07) is 15.2. The maximum atomic E-state index is 13.1. The van der Waals surface area contributed by atoms with Gasteiger partial charge in [0, 0.05) is 18.3 Å². The van der Waals surface area contributed by atoms with Crippen LogP contribution in [0.4, 0.5) is 18.0 Å². The van der Waals surface area contributed by atoms with Crippen LogP contribution in [-0.4, -0.2) is 33.6 Å². The lowest BCUT2D eigenvalue weighted by atomic mass is 9.96. The molecule has 1 fully saturated rings. The van der Waals surface area contributed by atoms with Gasteiger partial charge in [-0.1, -0.05) is 42.5 Å². The Labute approximate surface area is 171 Å². The van der Waals surface area contributed by atoms with Gasteiger partial charge < -0.3 is 9.64 Å². The first-order chi connectivity index (χ1) is 14.4. The largest absolute Gasteiger partial charge is 0.573 e. The molecule has 2 aromatic carbocycles. The predicted octanol–water partition coefficient (Wildman–Crippen LogP) is 5.64. The molecule has 4 rings (SSSR count). The van der Waals surface area contributed by atoms with Crippen LogP contribution in [-0.2, 0) is 0 Å². The number of halogens is 3. The Morgan fingerprint density at radius 2 is 1.73 bits per heavy atom. The molecule has 8 heteroatoms. The molecule has 1 saturated heterocycles. The Morgan fingerprint density at radius 3 is 2.43 bits per heavy atom. The van der Waals surface area contributed by atoms with Crippen molar-refractivity contribution in [2.24, 2.45) is 0 Å². The second-order valence-electron chi connectivity index (χ2n) is 7.14. The van der Waals surface area contributed by atoms with E-state index in [0.717, 1.165) is 24.8 Å². The van der Waals surface area contributed by atoms with E-state index in [1.54, 1.807) is 6.20 Å². The topological polar surface area (TPSA) is 47.4 Å². The van der Waals surface area contributed by atoms with Gasteiger partial charge >= 0.3 is 12.4 Å². The first kappa shape index (κ1) is 20.0. The maximum Gasteiger partial charge on any atom is 0.573 e. The van der Waals surface area contributed by atoms with Crippen LogP contribution in [0.3, 0.4) is 0 Å². The Bertz CT molecular complexity index is 1000. The number of rotatable bonds is 3. The minimum absolute atomic E-state index is 0.00102. The third-order valence-electron chi connectivity index (χ3n) is 5.13. The van der Waals surface area contributed by atoms with Crippen LogP contribution in [0.2, 0.25) is 0 Å². The highest BCUT2D eigenvalue weighted by Gasteiger charge is 2.31. The Balaban J connectivity index is 1.52. The SMILES string of the molecule is O=C(N1CCCCC1c1ccccc1)n1cc(-c2ccc(OC(F)(F)F)cc2)cn1. The van der Waals surface area contributed by atoms with Crippen molar-refractivity contribution in [1.82, 2.24) is 14.7 Å². The van der Waals surface area contributed by atoms with Gasteiger partial charge in [0.25, 0.3) is 0 Å². The van der Waals surface area contributed by atoms with Gasteiger partial charge in [-0.15, -0.1) is 13.2 Å². The molecular weight excluding hydrogens is 395 g/mol. The third-order valence-corrected chi connectivity index (χ3v) is 5.13. The number of likely N-dealkylation sites (tertiary alicyclic amines) is 1. The molecule has 1 aliphatic heterocycles. The molecule has 30 heavy (non-hydrogen) atoms. The molecule has 0 N–H and O–H groups in total. The van der Waals surface area contributed by atoms with E-state index in [9.17, 15) is 18.0 Å². The van der Waals surface area contributed by atoms with E-state index in [0.29, 0.717) is 17.7 Å². The monoisotopic (exact) mass is 415 g/mol. The van der Waals surface area contributed by atoms with Crippen LogP contribution >= 0.6 is 0 Å². The van der Waals surface area contributed by atoms with Crippen molar-refractivity contribution in [3.05, 3.63) is 72.6 Å². The van der Waals surface area contributed by atoms with Crippen molar-refractivity contribution in [3.63, 3.8) is 0 Å². The standard InChI is InChI=1S/C22H20F3N3O2/c23-22(24,25)30-19-11-9-16(10-12-19)18-14-26-28(15-18)21(29)27-13-5-4-8-20(27)17-6-2-1-3-7-17/h1-3,6-7,9-12,14-15,20H,4-5,8,13H2. The Morgan fingerprint density at radius 1 is 1.00 bits per heavy atom. The second-order valence-corrected chi connectivity index (χ2v) is 7.14. The summed E-state index contributed by atoms with van der Waals surface area (Å²) in [5.74, 6) is -0.297. The number of piperidine rings is 1. The summed E-state index contributed by atoms with van der Waals surface area (Å²) >= 11 is 0. The van der Waals surface area contributed by atoms with Gasteiger partial charge in [0.2, 0.25) is 0 Å². The zero-order valence-corrected chi connectivity index (χ0v) is 16.0. The van der Waals surface area contributed by atoms with Crippen LogP contribution in [0.1, 0.15) is 30.9 Å². The van der Waals surface area contributed by atoms with Crippen molar-refractivity contribution in [2.45, 2.75) is 31.7 Å². The first-order valence-electron chi connectivity index (χ1n) is 9.67. The van der Waals surface area contributed by atoms with Gasteiger partial charge in [0.05, 0.1) is 12.2 Å². The van der Waals surface area contributed by atoms with E-state index < -0.39 is 6.36 Å². The van der Waals surface area contributed by atoms with E-state index >= 15 is 0 Å². The summed E-state index contributed by atoms with van der Waals surface area (Å²) in [6.07, 6.45) is 1.27. The zero-order chi connectivity index (χ0) is 21.1. The molecule has 1 unspecified atom stereocenters. The fourth-order valence-electron chi connectivity index (χ4n) is 3.74. The Hall–Kier alpha value is -3.29. The molecule has 0 bridgehead atoms. The van der Waals surface area contributed by atoms with E-state index in [-0.39, 0.29) is 17.8 Å². The van der Waals surface area contributed by atoms with Gasteiger partial charge in [-0.3, -0.25) is 0 Å². The average Bonchev–Trinajstić information content (AvgIpc) is 3.23. The van der Waals surface area contributed by atoms with Crippen molar-refractivity contribution in [2.75, 3.05) is 6.54 Å². The van der Waals surface area contributed by atoms with Crippen molar-refractivity contribution in [1.29, 1.82) is 0 Å². The van der Waals surface area contributed by atoms with E-state index in [4.69, 9.17) is 0 Å². The van der Waals surface area contributed by atoms with Gasteiger partial charge in [0.1, 0.15) is 5.75 Å². The smallest absolute Gasteiger partial charge is 0.406 e. The summed E-state index contributed by atoms with van der Waals surface area (Å²) in [6.45, 7) is 0.650. The minimum atomic E-state index is -4.73. The number of carbonyl (C=O) groups excluding carboxylic acids is 1. The highest BCUT2D eigenvalue weighted by Crippen LogP contribution is 2.32. The molecule has 0 saturated carbocycles. The zero-order valence-electron chi connectivity index (χ0n) is 16.0. The second kappa shape index (κ2) is 8.22. The number of aromatic nitrogens is 2. The first-order valence-corrected chi connectivity index (χ1v) is 9.67. The lowest BCUT2D eigenvalue weighted by Gasteiger charge is -2.35. The van der Waals surface area contributed by atoms with Gasteiger partial charge in [-0.2, -0.15) is 9.78 Å². The number of hydrogen-bond donors (Lipinski definition) is 0. The fraction of sp³-hybridized carbons (Fsp3) is 0.273. The van der Waals surface area contributed by atoms with Gasteiger partial charge in [0.15, 0.2) is 0 Å². The number of hydrogen-bond acceptors (Lipinski definition) is 3. The summed E-state index contributed by atoms with van der Waals surface area (Å²) in [4.78, 5) is 14.9. The molecule has 156 valence electrons. The van der Waals surface area contributed by atoms with Crippen LogP contribution in [0.15, 0.2) is 67.0 Å². The lowest BCUT2D eigenvalue weighted by Crippen LogP contribution is -2.41. The minimum Gasteiger partial charge on any atom is -0.406 e. The molecule has 1 amide bonds. The summed E-state index contributed by atoms with van der Waals surface area (Å²) < 4.78 is 42.1. The Kier molecular flexibility index (Phi) is 5.48. The molecule has 0 aliphatic carbocycles. The average molecular weight is 415 g/mol. The van der Waals surface area contributed by atoms with Crippen molar-refractivity contribution >= 4 is 6.03 Å². The molecule has 1 aliphatic rings. The molecule has 5 nitrogen and oxygen atoms in total. The van der Waals surface area contributed by atoms with Crippen LogP contribution < -0.4 is 4.74 Å². The van der Waals surface area contributed by atoms with E-state index in [1.807, 2.05) is 35.2 Å². The normalized spacial score (nSPS) is 17.0. The number of carbonyl (C=O) groups is 1. The van der Waals surface area contributed by atoms with Gasteiger partial charge in [-0.25, -0.2) is 4.79 Å². The highest BCUT2D eigenvalue weighted by atomic mass is 19.4. The number of ether oxygens (including phenoxy) is 1. The van der Waals surface area contributed by atoms with E-state index in [2.05, 4.69) is 9.84 Å². The predicted molar refractivity (Wildman–Crippen MR) is 105 cm³/mol. The fourth-order valence-corrected chi connectivity index (χ4v) is 3.74. The molecule has 0 radical (unpaired) electrons. The van der Waals surface area contributed by atoms with Crippen LogP contribution in [0, 0.1) is 0 Å². The number of benzene rings is 2. The van der Waals surface area contributed by atoms with Gasteiger partial charge in [-0.05, 0) is 42.5 Å². The molecule has 3 aromatic rings. The quantitative estimate of drug-likeness (QED) is 0.556. The molecule has 2 heterocycles. The summed E-state index contributed by atoms with van der Waals surface area (Å²) in [5, 5.41) is 4.19. The number of amides is 1. The maximum absolute atomic E-state index is 13.1. The summed E-state index contributed by atoms with van der Waals surface area (Å²) in [7, 11) is 0. The van der Waals surface area contributed by atoms with E-state index in [1.165, 1.54) is 35.1 Å².